The summed E-state index contributed by atoms with van der Waals surface area (Å²) < 4.78 is 40.5. The van der Waals surface area contributed by atoms with Gasteiger partial charge in [0.25, 0.3) is 5.92 Å². The van der Waals surface area contributed by atoms with Crippen molar-refractivity contribution in [1.82, 2.24) is 35.5 Å². The number of likely N-dealkylation sites (N-methyl/N-ethyl adjacent to an activating group) is 1. The highest BCUT2D eigenvalue weighted by molar-refractivity contribution is 5.88. The highest BCUT2D eigenvalue weighted by atomic mass is 19.3. The Morgan fingerprint density at radius 1 is 1.23 bits per heavy atom. The van der Waals surface area contributed by atoms with Crippen LogP contribution in [0.1, 0.15) is 33.6 Å². The summed E-state index contributed by atoms with van der Waals surface area (Å²) in [6.07, 6.45) is 3.58. The molecular weight excluding hydrogens is 528 g/mol. The molecule has 3 amide bonds. The number of alkyl halides is 2. The number of hydrogen-bond donors (Lipinski definition) is 3. The zero-order chi connectivity index (χ0) is 28.9. The molecule has 0 radical (unpaired) electrons. The molecule has 15 heteroatoms. The van der Waals surface area contributed by atoms with E-state index in [1.54, 1.807) is 6.92 Å². The minimum atomic E-state index is -3.16. The number of carbonyl (C=O) groups is 2. The van der Waals surface area contributed by atoms with Crippen LogP contribution < -0.4 is 30.3 Å². The predicted octanol–water partition coefficient (Wildman–Crippen LogP) is 2.52. The molecule has 218 valence electrons. The molecule has 40 heavy (non-hydrogen) atoms. The Balaban J connectivity index is 1.39. The van der Waals surface area contributed by atoms with Crippen molar-refractivity contribution in [2.75, 3.05) is 50.1 Å². The van der Waals surface area contributed by atoms with Gasteiger partial charge in [0.1, 0.15) is 6.04 Å². The van der Waals surface area contributed by atoms with E-state index in [-0.39, 0.29) is 48.1 Å². The van der Waals surface area contributed by atoms with E-state index < -0.39 is 30.5 Å². The number of carbonyl (C=O) groups excluding carboxylic acids is 2. The van der Waals surface area contributed by atoms with Crippen LogP contribution in [0.2, 0.25) is 0 Å². The molecule has 0 aliphatic carbocycles. The van der Waals surface area contributed by atoms with Crippen molar-refractivity contribution < 1.29 is 27.8 Å². The summed E-state index contributed by atoms with van der Waals surface area (Å²) in [6, 6.07) is -0.927. The maximum atomic E-state index is 15.0. The van der Waals surface area contributed by atoms with E-state index in [0.29, 0.717) is 6.61 Å². The lowest BCUT2D eigenvalue weighted by Gasteiger charge is -2.42. The third-order valence-electron chi connectivity index (χ3n) is 7.06. The molecule has 4 rings (SSSR count). The van der Waals surface area contributed by atoms with Crippen molar-refractivity contribution in [1.29, 1.82) is 0 Å². The highest BCUT2D eigenvalue weighted by Gasteiger charge is 2.48. The number of nitrogens with one attached hydrogen (secondary N) is 3. The van der Waals surface area contributed by atoms with Crippen molar-refractivity contribution in [2.24, 2.45) is 5.41 Å². The lowest BCUT2D eigenvalue weighted by atomic mass is 9.80. The second-order valence-electron chi connectivity index (χ2n) is 10.4. The zero-order valence-electron chi connectivity index (χ0n) is 23.0. The molecule has 0 unspecified atom stereocenters. The predicted molar refractivity (Wildman–Crippen MR) is 142 cm³/mol. The minimum absolute atomic E-state index is 0.0108. The van der Waals surface area contributed by atoms with Gasteiger partial charge in [-0.3, -0.25) is 5.32 Å². The smallest absolute Gasteiger partial charge is 0.414 e. The Morgan fingerprint density at radius 2 is 2.02 bits per heavy atom. The molecule has 0 bridgehead atoms. The summed E-state index contributed by atoms with van der Waals surface area (Å²) in [4.78, 5) is 44.3. The van der Waals surface area contributed by atoms with Gasteiger partial charge >= 0.3 is 12.1 Å². The Hall–Kier alpha value is -3.88. The molecule has 0 aromatic carbocycles. The number of ether oxygens (including phenoxy) is 2. The van der Waals surface area contributed by atoms with Gasteiger partial charge in [0.2, 0.25) is 17.7 Å². The van der Waals surface area contributed by atoms with E-state index >= 15 is 0 Å². The van der Waals surface area contributed by atoms with Gasteiger partial charge in [0.05, 0.1) is 19.0 Å². The van der Waals surface area contributed by atoms with Gasteiger partial charge in [-0.05, 0) is 25.3 Å². The topological polar surface area (TPSA) is 147 Å². The van der Waals surface area contributed by atoms with Crippen LogP contribution in [0.3, 0.4) is 0 Å². The van der Waals surface area contributed by atoms with E-state index in [4.69, 9.17) is 9.47 Å². The van der Waals surface area contributed by atoms with Crippen molar-refractivity contribution in [2.45, 2.75) is 51.6 Å². The lowest BCUT2D eigenvalue weighted by Crippen LogP contribution is -2.60. The molecule has 4 heterocycles. The number of piperidine rings is 2. The van der Waals surface area contributed by atoms with Crippen molar-refractivity contribution in [3.8, 4) is 11.8 Å². The molecule has 2 aliphatic heterocycles. The molecule has 2 aromatic rings. The lowest BCUT2D eigenvalue weighted by molar-refractivity contribution is -0.0760. The molecule has 2 fully saturated rings. The Morgan fingerprint density at radius 3 is 2.73 bits per heavy atom. The first-order chi connectivity index (χ1) is 19.0. The normalized spacial score (nSPS) is 21.7. The molecule has 13 nitrogen and oxygen atoms in total. The van der Waals surface area contributed by atoms with Gasteiger partial charge in [-0.15, -0.1) is 0 Å². The fraction of sp³-hybridized carbons (Fsp3) is 0.600. The Labute approximate surface area is 231 Å². The maximum absolute atomic E-state index is 15.0. The molecule has 2 aliphatic rings. The molecule has 0 saturated carbocycles. The SMILES string of the molecule is CCOc1cnc(NC(=O)N(C)[C@H]2CN(c3nccc(OC(=O)N[C@H]4CCNCC4(C)C)n3)CCC2(F)F)cn1. The van der Waals surface area contributed by atoms with E-state index in [2.05, 4.69) is 49.7 Å². The van der Waals surface area contributed by atoms with Crippen LogP contribution in [0.4, 0.5) is 30.1 Å². The van der Waals surface area contributed by atoms with Crippen molar-refractivity contribution in [3.05, 3.63) is 24.7 Å². The largest absolute Gasteiger partial charge is 0.477 e. The van der Waals surface area contributed by atoms with Gasteiger partial charge < -0.3 is 29.9 Å². The number of amides is 3. The molecule has 2 saturated heterocycles. The third-order valence-corrected chi connectivity index (χ3v) is 7.06. The van der Waals surface area contributed by atoms with E-state index in [9.17, 15) is 18.4 Å². The second-order valence-corrected chi connectivity index (χ2v) is 10.4. The third kappa shape index (κ3) is 7.00. The molecule has 2 aromatic heterocycles. The van der Waals surface area contributed by atoms with E-state index in [1.807, 2.05) is 0 Å². The molecule has 2 atom stereocenters. The van der Waals surface area contributed by atoms with Crippen LogP contribution >= 0.6 is 0 Å². The number of halogens is 2. The second kappa shape index (κ2) is 12.1. The first-order valence-electron chi connectivity index (χ1n) is 13.1. The zero-order valence-corrected chi connectivity index (χ0v) is 23.0. The summed E-state index contributed by atoms with van der Waals surface area (Å²) >= 11 is 0. The van der Waals surface area contributed by atoms with Gasteiger partial charge in [0, 0.05) is 51.4 Å². The number of urea groups is 1. The average Bonchev–Trinajstić information content (AvgIpc) is 2.91. The van der Waals surface area contributed by atoms with Crippen molar-refractivity contribution in [3.63, 3.8) is 0 Å². The molecule has 0 spiro atoms. The maximum Gasteiger partial charge on any atom is 0.414 e. The summed E-state index contributed by atoms with van der Waals surface area (Å²) in [7, 11) is 1.28. The van der Waals surface area contributed by atoms with Crippen LogP contribution in [-0.2, 0) is 0 Å². The van der Waals surface area contributed by atoms with E-state index in [0.717, 1.165) is 24.4 Å². The van der Waals surface area contributed by atoms with Gasteiger partial charge in [0.15, 0.2) is 5.82 Å². The van der Waals surface area contributed by atoms with Gasteiger partial charge in [-0.2, -0.15) is 4.98 Å². The van der Waals surface area contributed by atoms with Gasteiger partial charge in [-0.1, -0.05) is 13.8 Å². The molecular formula is C25H35F2N9O4. The molecule has 3 N–H and O–H groups in total. The summed E-state index contributed by atoms with van der Waals surface area (Å²) in [6.45, 7) is 7.55. The van der Waals surface area contributed by atoms with E-state index in [1.165, 1.54) is 36.6 Å². The fourth-order valence-electron chi connectivity index (χ4n) is 4.66. The van der Waals surface area contributed by atoms with Crippen LogP contribution in [0.5, 0.6) is 11.8 Å². The monoisotopic (exact) mass is 563 g/mol. The van der Waals surface area contributed by atoms with Crippen LogP contribution in [0.25, 0.3) is 0 Å². The van der Waals surface area contributed by atoms with Crippen LogP contribution in [0.15, 0.2) is 24.7 Å². The van der Waals surface area contributed by atoms with Crippen molar-refractivity contribution >= 4 is 23.9 Å². The number of hydrogen-bond acceptors (Lipinski definition) is 10. The van der Waals surface area contributed by atoms with Crippen LogP contribution in [0, 0.1) is 5.41 Å². The first kappa shape index (κ1) is 29.1. The number of aromatic nitrogens is 4. The Kier molecular flexibility index (Phi) is 8.81. The fourth-order valence-corrected chi connectivity index (χ4v) is 4.66. The van der Waals surface area contributed by atoms with Crippen LogP contribution in [-0.4, -0.2) is 94.8 Å². The number of rotatable bonds is 7. The average molecular weight is 564 g/mol. The number of anilines is 2. The number of nitrogens with zero attached hydrogens (tertiary/aromatic N) is 6. The standard InChI is InChI=1S/C25H35F2N9O4/c1-5-39-20-13-30-18(12-31-20)33-22(37)35(4)17-14-36(11-8-25(17,26)27)21-29-10-7-19(34-21)40-23(38)32-16-6-9-28-15-24(16,2)3/h7,10,12-13,16-17,28H,5-6,8-9,11,14-15H2,1-4H3,(H,32,38)(H,30,33,37)/t16-,17-/m0/s1. The van der Waals surface area contributed by atoms with Gasteiger partial charge in [-0.25, -0.2) is 33.3 Å². The summed E-state index contributed by atoms with van der Waals surface area (Å²) in [5.41, 5.74) is -0.153. The quantitative estimate of drug-likeness (QED) is 0.459. The summed E-state index contributed by atoms with van der Waals surface area (Å²) in [5, 5.41) is 8.67. The first-order valence-corrected chi connectivity index (χ1v) is 13.1. The highest BCUT2D eigenvalue weighted by Crippen LogP contribution is 2.33. The minimum Gasteiger partial charge on any atom is -0.477 e. The Bertz CT molecular complexity index is 1190. The summed E-state index contributed by atoms with van der Waals surface area (Å²) in [5.74, 6) is -2.69.